The predicted molar refractivity (Wildman–Crippen MR) is 101 cm³/mol. The van der Waals surface area contributed by atoms with E-state index in [1.807, 2.05) is 42.2 Å². The lowest BCUT2D eigenvalue weighted by atomic mass is 10.0. The molecule has 4 nitrogen and oxygen atoms in total. The van der Waals surface area contributed by atoms with Crippen LogP contribution in [0.1, 0.15) is 30.9 Å². The van der Waals surface area contributed by atoms with Crippen molar-refractivity contribution in [3.8, 4) is 5.75 Å². The number of likely N-dealkylation sites (tertiary alicyclic amines) is 1. The molecule has 1 aliphatic rings. The Morgan fingerprint density at radius 1 is 1.16 bits per heavy atom. The number of anilines is 1. The summed E-state index contributed by atoms with van der Waals surface area (Å²) < 4.78 is 5.50. The topological polar surface area (TPSA) is 41.6 Å². The fourth-order valence-electron chi connectivity index (χ4n) is 3.35. The Bertz CT molecular complexity index is 709. The Balaban J connectivity index is 1.73. The highest BCUT2D eigenvalue weighted by Crippen LogP contribution is 2.26. The third-order valence-electron chi connectivity index (χ3n) is 4.69. The number of ether oxygens (including phenoxy) is 1. The van der Waals surface area contributed by atoms with Crippen molar-refractivity contribution in [3.05, 3.63) is 59.7 Å². The number of rotatable bonds is 6. The molecule has 0 spiro atoms. The maximum absolute atomic E-state index is 12.5. The number of nitrogens with one attached hydrogen (secondary N) is 1. The van der Waals surface area contributed by atoms with Crippen molar-refractivity contribution in [3.63, 3.8) is 0 Å². The van der Waals surface area contributed by atoms with Gasteiger partial charge in [-0.2, -0.15) is 0 Å². The standard InChI is InChI=1S/C21H26N2O2/c1-16(21(24)23-12-6-7-13-23)22-19-10-11-20(25-2)18(15-19)14-17-8-4-3-5-9-17/h3-5,8-11,15-16,22H,6-7,12-14H2,1-2H3/t16-/m0/s1. The number of carbonyl (C=O) groups is 1. The van der Waals surface area contributed by atoms with Gasteiger partial charge in [-0.3, -0.25) is 4.79 Å². The Hall–Kier alpha value is -2.49. The van der Waals surface area contributed by atoms with Gasteiger partial charge < -0.3 is 15.0 Å². The third kappa shape index (κ3) is 4.32. The molecule has 0 saturated carbocycles. The predicted octanol–water partition coefficient (Wildman–Crippen LogP) is 3.71. The van der Waals surface area contributed by atoms with Gasteiger partial charge in [-0.15, -0.1) is 0 Å². The molecule has 4 heteroatoms. The number of hydrogen-bond acceptors (Lipinski definition) is 3. The van der Waals surface area contributed by atoms with Crippen molar-refractivity contribution < 1.29 is 9.53 Å². The molecule has 2 aromatic carbocycles. The molecule has 1 atom stereocenters. The number of methoxy groups -OCH3 is 1. The van der Waals surface area contributed by atoms with Gasteiger partial charge in [-0.1, -0.05) is 30.3 Å². The molecular weight excluding hydrogens is 312 g/mol. The quantitative estimate of drug-likeness (QED) is 0.873. The number of benzene rings is 2. The maximum Gasteiger partial charge on any atom is 0.244 e. The lowest BCUT2D eigenvalue weighted by Crippen LogP contribution is -2.39. The van der Waals surface area contributed by atoms with Crippen LogP contribution in [-0.2, 0) is 11.2 Å². The zero-order valence-corrected chi connectivity index (χ0v) is 15.0. The summed E-state index contributed by atoms with van der Waals surface area (Å²) in [6, 6.07) is 16.1. The van der Waals surface area contributed by atoms with Crippen LogP contribution in [0.3, 0.4) is 0 Å². The fourth-order valence-corrected chi connectivity index (χ4v) is 3.35. The number of carbonyl (C=O) groups excluding carboxylic acids is 1. The molecule has 0 unspecified atom stereocenters. The normalized spacial score (nSPS) is 15.0. The van der Waals surface area contributed by atoms with Gasteiger partial charge in [0, 0.05) is 30.8 Å². The highest BCUT2D eigenvalue weighted by Gasteiger charge is 2.23. The van der Waals surface area contributed by atoms with E-state index in [-0.39, 0.29) is 11.9 Å². The summed E-state index contributed by atoms with van der Waals surface area (Å²) in [5, 5.41) is 3.35. The van der Waals surface area contributed by atoms with E-state index in [9.17, 15) is 4.79 Å². The van der Waals surface area contributed by atoms with E-state index in [2.05, 4.69) is 23.5 Å². The van der Waals surface area contributed by atoms with E-state index in [4.69, 9.17) is 4.74 Å². The van der Waals surface area contributed by atoms with Gasteiger partial charge in [0.25, 0.3) is 0 Å². The molecule has 132 valence electrons. The molecule has 1 aliphatic heterocycles. The second-order valence-corrected chi connectivity index (χ2v) is 6.59. The molecule has 1 heterocycles. The maximum atomic E-state index is 12.5. The Morgan fingerprint density at radius 3 is 2.56 bits per heavy atom. The average molecular weight is 338 g/mol. The SMILES string of the molecule is COc1ccc(N[C@@H](C)C(=O)N2CCCC2)cc1Cc1ccccc1. The zero-order chi connectivity index (χ0) is 17.6. The summed E-state index contributed by atoms with van der Waals surface area (Å²) in [6.45, 7) is 3.70. The van der Waals surface area contributed by atoms with Crippen molar-refractivity contribution in [2.45, 2.75) is 32.2 Å². The minimum atomic E-state index is -0.226. The molecule has 25 heavy (non-hydrogen) atoms. The monoisotopic (exact) mass is 338 g/mol. The second kappa shape index (κ2) is 8.06. The minimum absolute atomic E-state index is 0.179. The molecular formula is C21H26N2O2. The summed E-state index contributed by atoms with van der Waals surface area (Å²) in [5.74, 6) is 1.05. The summed E-state index contributed by atoms with van der Waals surface area (Å²) in [6.07, 6.45) is 3.03. The van der Waals surface area contributed by atoms with E-state index >= 15 is 0 Å². The Kier molecular flexibility index (Phi) is 5.59. The molecule has 1 amide bonds. The Labute approximate surface area is 149 Å². The van der Waals surface area contributed by atoms with Gasteiger partial charge >= 0.3 is 0 Å². The van der Waals surface area contributed by atoms with Crippen molar-refractivity contribution in [2.75, 3.05) is 25.5 Å². The average Bonchev–Trinajstić information content (AvgIpc) is 3.17. The first kappa shape index (κ1) is 17.3. The first-order valence-corrected chi connectivity index (χ1v) is 8.93. The van der Waals surface area contributed by atoms with E-state index in [1.54, 1.807) is 7.11 Å². The van der Waals surface area contributed by atoms with Crippen molar-refractivity contribution in [2.24, 2.45) is 0 Å². The van der Waals surface area contributed by atoms with E-state index in [0.29, 0.717) is 0 Å². The van der Waals surface area contributed by atoms with Crippen LogP contribution in [0.25, 0.3) is 0 Å². The van der Waals surface area contributed by atoms with Crippen LogP contribution < -0.4 is 10.1 Å². The molecule has 1 fully saturated rings. The van der Waals surface area contributed by atoms with Crippen LogP contribution in [0.2, 0.25) is 0 Å². The number of amides is 1. The smallest absolute Gasteiger partial charge is 0.244 e. The summed E-state index contributed by atoms with van der Waals surface area (Å²) in [4.78, 5) is 14.4. The van der Waals surface area contributed by atoms with Crippen LogP contribution >= 0.6 is 0 Å². The second-order valence-electron chi connectivity index (χ2n) is 6.59. The fraction of sp³-hybridized carbons (Fsp3) is 0.381. The summed E-state index contributed by atoms with van der Waals surface area (Å²) >= 11 is 0. The molecule has 1 N–H and O–H groups in total. The van der Waals surface area contributed by atoms with Crippen molar-refractivity contribution in [1.29, 1.82) is 0 Å². The first-order chi connectivity index (χ1) is 12.2. The van der Waals surface area contributed by atoms with E-state index in [0.717, 1.165) is 49.4 Å². The highest BCUT2D eigenvalue weighted by molar-refractivity contribution is 5.84. The molecule has 1 saturated heterocycles. The highest BCUT2D eigenvalue weighted by atomic mass is 16.5. The molecule has 0 aromatic heterocycles. The zero-order valence-electron chi connectivity index (χ0n) is 15.0. The van der Waals surface area contributed by atoms with Crippen molar-refractivity contribution >= 4 is 11.6 Å². The van der Waals surface area contributed by atoms with Gasteiger partial charge in [0.15, 0.2) is 0 Å². The number of hydrogen-bond donors (Lipinski definition) is 1. The molecule has 0 radical (unpaired) electrons. The van der Waals surface area contributed by atoms with E-state index in [1.165, 1.54) is 5.56 Å². The third-order valence-corrected chi connectivity index (χ3v) is 4.69. The first-order valence-electron chi connectivity index (χ1n) is 8.93. The molecule has 0 bridgehead atoms. The lowest BCUT2D eigenvalue weighted by Gasteiger charge is -2.22. The van der Waals surface area contributed by atoms with Crippen LogP contribution in [0.5, 0.6) is 5.75 Å². The van der Waals surface area contributed by atoms with Gasteiger partial charge in [0.1, 0.15) is 11.8 Å². The van der Waals surface area contributed by atoms with Gasteiger partial charge in [-0.25, -0.2) is 0 Å². The van der Waals surface area contributed by atoms with Gasteiger partial charge in [0.05, 0.1) is 7.11 Å². The largest absolute Gasteiger partial charge is 0.496 e. The molecule has 0 aliphatic carbocycles. The molecule has 3 rings (SSSR count). The number of nitrogens with zero attached hydrogens (tertiary/aromatic N) is 1. The van der Waals surface area contributed by atoms with Crippen molar-refractivity contribution in [1.82, 2.24) is 4.90 Å². The van der Waals surface area contributed by atoms with E-state index < -0.39 is 0 Å². The summed E-state index contributed by atoms with van der Waals surface area (Å²) in [5.41, 5.74) is 3.30. The lowest BCUT2D eigenvalue weighted by molar-refractivity contribution is -0.130. The van der Waals surface area contributed by atoms with Gasteiger partial charge in [0.2, 0.25) is 5.91 Å². The molecule has 2 aromatic rings. The van der Waals surface area contributed by atoms with Crippen LogP contribution in [0, 0.1) is 0 Å². The minimum Gasteiger partial charge on any atom is -0.496 e. The van der Waals surface area contributed by atoms with Gasteiger partial charge in [-0.05, 0) is 43.5 Å². The van der Waals surface area contributed by atoms with Crippen LogP contribution in [0.15, 0.2) is 48.5 Å². The van der Waals surface area contributed by atoms with Crippen LogP contribution in [0.4, 0.5) is 5.69 Å². The Morgan fingerprint density at radius 2 is 1.88 bits per heavy atom. The van der Waals surface area contributed by atoms with Crippen LogP contribution in [-0.4, -0.2) is 37.0 Å². The summed E-state index contributed by atoms with van der Waals surface area (Å²) in [7, 11) is 1.69.